The van der Waals surface area contributed by atoms with Crippen LogP contribution in [0, 0.1) is 5.82 Å². The Balaban J connectivity index is 1.75. The van der Waals surface area contributed by atoms with Crippen LogP contribution in [0.4, 0.5) is 14.9 Å². The predicted octanol–water partition coefficient (Wildman–Crippen LogP) is 2.21. The monoisotopic (exact) mass is 342 g/mol. The minimum atomic E-state index is -0.701. The number of primary amides is 1. The molecule has 2 aromatic carbocycles. The van der Waals surface area contributed by atoms with Gasteiger partial charge in [0.2, 0.25) is 0 Å². The number of amides is 3. The zero-order chi connectivity index (χ0) is 17.8. The van der Waals surface area contributed by atoms with Crippen molar-refractivity contribution in [3.63, 3.8) is 0 Å². The number of carbonyl (C=O) groups is 2. The van der Waals surface area contributed by atoms with Gasteiger partial charge in [0.05, 0.1) is 5.69 Å². The second-order valence-corrected chi connectivity index (χ2v) is 5.90. The van der Waals surface area contributed by atoms with Gasteiger partial charge in [-0.3, -0.25) is 15.6 Å². The van der Waals surface area contributed by atoms with Gasteiger partial charge in [0, 0.05) is 12.5 Å². The summed E-state index contributed by atoms with van der Waals surface area (Å²) in [6.45, 7) is 0.420. The third-order valence-electron chi connectivity index (χ3n) is 4.35. The number of nitrogens with two attached hydrogens (primary N) is 1. The van der Waals surface area contributed by atoms with Gasteiger partial charge in [0.25, 0.3) is 5.91 Å². The number of carbonyl (C=O) groups excluding carboxylic acids is 2. The quantitative estimate of drug-likeness (QED) is 0.745. The van der Waals surface area contributed by atoms with Crippen LogP contribution < -0.4 is 16.6 Å². The van der Waals surface area contributed by atoms with E-state index >= 15 is 0 Å². The van der Waals surface area contributed by atoms with Gasteiger partial charge in [0.1, 0.15) is 11.9 Å². The van der Waals surface area contributed by atoms with Gasteiger partial charge < -0.3 is 10.6 Å². The van der Waals surface area contributed by atoms with E-state index in [1.807, 2.05) is 30.3 Å². The van der Waals surface area contributed by atoms with Gasteiger partial charge in [-0.05, 0) is 36.2 Å². The molecule has 6 nitrogen and oxygen atoms in total. The summed E-state index contributed by atoms with van der Waals surface area (Å²) >= 11 is 0. The zero-order valence-electron chi connectivity index (χ0n) is 13.5. The van der Waals surface area contributed by atoms with Crippen molar-refractivity contribution in [1.82, 2.24) is 10.3 Å². The van der Waals surface area contributed by atoms with Crippen molar-refractivity contribution in [3.05, 3.63) is 66.0 Å². The van der Waals surface area contributed by atoms with Crippen LogP contribution in [0.1, 0.15) is 17.9 Å². The van der Waals surface area contributed by atoms with Gasteiger partial charge in [0.15, 0.2) is 0 Å². The smallest absolute Gasteiger partial charge is 0.315 e. The molecule has 25 heavy (non-hydrogen) atoms. The number of halogens is 1. The van der Waals surface area contributed by atoms with Crippen LogP contribution in [0.2, 0.25) is 0 Å². The molecule has 2 unspecified atom stereocenters. The van der Waals surface area contributed by atoms with E-state index < -0.39 is 12.1 Å². The van der Waals surface area contributed by atoms with Crippen molar-refractivity contribution in [2.45, 2.75) is 18.4 Å². The van der Waals surface area contributed by atoms with Crippen LogP contribution in [-0.2, 0) is 4.79 Å². The first-order valence-electron chi connectivity index (χ1n) is 7.98. The summed E-state index contributed by atoms with van der Waals surface area (Å²) in [4.78, 5) is 25.8. The Morgan fingerprint density at radius 3 is 2.40 bits per heavy atom. The highest BCUT2D eigenvalue weighted by Crippen LogP contribution is 2.33. The highest BCUT2D eigenvalue weighted by molar-refractivity contribution is 5.89. The van der Waals surface area contributed by atoms with E-state index in [1.165, 1.54) is 29.2 Å². The van der Waals surface area contributed by atoms with Gasteiger partial charge in [-0.1, -0.05) is 30.3 Å². The second-order valence-electron chi connectivity index (χ2n) is 5.90. The van der Waals surface area contributed by atoms with Gasteiger partial charge >= 0.3 is 6.03 Å². The lowest BCUT2D eigenvalue weighted by Crippen LogP contribution is -2.51. The second kappa shape index (κ2) is 7.21. The Bertz CT molecular complexity index is 751. The molecule has 0 radical (unpaired) electrons. The largest absolute Gasteiger partial charge is 0.351 e. The van der Waals surface area contributed by atoms with E-state index in [2.05, 4.69) is 10.9 Å². The fraction of sp³-hybridized carbons (Fsp3) is 0.222. The minimum absolute atomic E-state index is 0.135. The third-order valence-corrected chi connectivity index (χ3v) is 4.35. The molecular formula is C18H19FN4O2. The average Bonchev–Trinajstić information content (AvgIpc) is 3.07. The molecule has 0 aromatic heterocycles. The lowest BCUT2D eigenvalue weighted by Gasteiger charge is -2.26. The fourth-order valence-corrected chi connectivity index (χ4v) is 3.15. The minimum Gasteiger partial charge on any atom is -0.351 e. The fourth-order valence-electron chi connectivity index (χ4n) is 3.15. The number of nitrogens with one attached hydrogen (secondary N) is 2. The van der Waals surface area contributed by atoms with Gasteiger partial charge in [-0.25, -0.2) is 9.18 Å². The van der Waals surface area contributed by atoms with Crippen LogP contribution in [0.5, 0.6) is 0 Å². The predicted molar refractivity (Wildman–Crippen MR) is 92.0 cm³/mol. The Morgan fingerprint density at radius 1 is 1.08 bits per heavy atom. The summed E-state index contributed by atoms with van der Waals surface area (Å²) in [6.07, 6.45) is 0.654. The van der Waals surface area contributed by atoms with Crippen LogP contribution in [-0.4, -0.2) is 29.4 Å². The number of anilines is 1. The van der Waals surface area contributed by atoms with E-state index in [0.29, 0.717) is 18.7 Å². The standard InChI is InChI=1S/C18H19FN4O2/c19-13-6-8-14(9-7-13)21-22-17(24)16-15(10-11-23(16)18(20)25)12-4-2-1-3-5-12/h1-9,15-16,21H,10-11H2,(H2,20,25)(H,22,24). The maximum atomic E-state index is 12.9. The van der Waals surface area contributed by atoms with Crippen LogP contribution >= 0.6 is 0 Å². The summed E-state index contributed by atoms with van der Waals surface area (Å²) < 4.78 is 12.9. The maximum Gasteiger partial charge on any atom is 0.315 e. The van der Waals surface area contributed by atoms with Crippen LogP contribution in [0.3, 0.4) is 0 Å². The average molecular weight is 342 g/mol. The number of nitrogens with zero attached hydrogens (tertiary/aromatic N) is 1. The molecule has 1 heterocycles. The van der Waals surface area contributed by atoms with E-state index in [0.717, 1.165) is 5.56 Å². The number of likely N-dealkylation sites (tertiary alicyclic amines) is 1. The first kappa shape index (κ1) is 16.8. The van der Waals surface area contributed by atoms with E-state index in [4.69, 9.17) is 5.73 Å². The lowest BCUT2D eigenvalue weighted by molar-refractivity contribution is -0.124. The van der Waals surface area contributed by atoms with Crippen molar-refractivity contribution in [2.24, 2.45) is 5.73 Å². The molecule has 1 saturated heterocycles. The van der Waals surface area contributed by atoms with E-state index in [-0.39, 0.29) is 17.6 Å². The Hall–Kier alpha value is -3.09. The first-order valence-corrected chi connectivity index (χ1v) is 7.98. The molecule has 4 N–H and O–H groups in total. The molecule has 7 heteroatoms. The molecule has 2 atom stereocenters. The number of hydrazine groups is 1. The Morgan fingerprint density at radius 2 is 1.76 bits per heavy atom. The zero-order valence-corrected chi connectivity index (χ0v) is 13.5. The summed E-state index contributed by atoms with van der Waals surface area (Å²) in [5.74, 6) is -0.866. The van der Waals surface area contributed by atoms with E-state index in [9.17, 15) is 14.0 Å². The summed E-state index contributed by atoms with van der Waals surface area (Å²) in [5, 5.41) is 0. The first-order chi connectivity index (χ1) is 12.1. The molecule has 0 saturated carbocycles. The van der Waals surface area contributed by atoms with Gasteiger partial charge in [-0.2, -0.15) is 0 Å². The molecule has 1 aliphatic rings. The highest BCUT2D eigenvalue weighted by atomic mass is 19.1. The molecule has 2 aromatic rings. The topological polar surface area (TPSA) is 87.5 Å². The van der Waals surface area contributed by atoms with Crippen LogP contribution in [0.15, 0.2) is 54.6 Å². The van der Waals surface area contributed by atoms with Crippen molar-refractivity contribution in [3.8, 4) is 0 Å². The van der Waals surface area contributed by atoms with Crippen LogP contribution in [0.25, 0.3) is 0 Å². The van der Waals surface area contributed by atoms with Crippen molar-refractivity contribution >= 4 is 17.6 Å². The van der Waals surface area contributed by atoms with Crippen molar-refractivity contribution in [1.29, 1.82) is 0 Å². The molecule has 1 aliphatic heterocycles. The number of urea groups is 1. The SMILES string of the molecule is NC(=O)N1CCC(c2ccccc2)C1C(=O)NNc1ccc(F)cc1. The summed E-state index contributed by atoms with van der Waals surface area (Å²) in [6, 6.07) is 13.8. The van der Waals surface area contributed by atoms with Crippen molar-refractivity contribution in [2.75, 3.05) is 12.0 Å². The highest BCUT2D eigenvalue weighted by Gasteiger charge is 2.41. The maximum absolute atomic E-state index is 12.9. The molecule has 0 aliphatic carbocycles. The molecule has 3 rings (SSSR count). The van der Waals surface area contributed by atoms with Gasteiger partial charge in [-0.15, -0.1) is 0 Å². The number of hydrogen-bond donors (Lipinski definition) is 3. The van der Waals surface area contributed by atoms with Crippen molar-refractivity contribution < 1.29 is 14.0 Å². The third kappa shape index (κ3) is 3.71. The number of rotatable bonds is 4. The molecule has 130 valence electrons. The molecule has 3 amide bonds. The molecular weight excluding hydrogens is 323 g/mol. The number of hydrogen-bond acceptors (Lipinski definition) is 3. The van der Waals surface area contributed by atoms with E-state index in [1.54, 1.807) is 0 Å². The number of benzene rings is 2. The normalized spacial score (nSPS) is 19.5. The Kier molecular flexibility index (Phi) is 4.83. The summed E-state index contributed by atoms with van der Waals surface area (Å²) in [5.41, 5.74) is 12.3. The Labute approximate surface area is 144 Å². The molecule has 1 fully saturated rings. The lowest BCUT2D eigenvalue weighted by atomic mass is 9.91. The summed E-state index contributed by atoms with van der Waals surface area (Å²) in [7, 11) is 0. The molecule has 0 spiro atoms. The molecule has 0 bridgehead atoms.